The fourth-order valence-corrected chi connectivity index (χ4v) is 0.652. The number of hydrogen-bond acceptors (Lipinski definition) is 1. The minimum atomic E-state index is -4.35. The van der Waals surface area contributed by atoms with E-state index >= 15 is 0 Å². The summed E-state index contributed by atoms with van der Waals surface area (Å²) in [5.74, 6) is 0. The number of alkyl halides is 3. The van der Waals surface area contributed by atoms with Crippen molar-refractivity contribution in [1.29, 1.82) is 0 Å². The van der Waals surface area contributed by atoms with Gasteiger partial charge in [0.05, 0.1) is 5.56 Å². The smallest absolute Gasteiger partial charge is 0.398 e. The molecule has 11 heavy (non-hydrogen) atoms. The quantitative estimate of drug-likeness (QED) is 0.578. The van der Waals surface area contributed by atoms with Gasteiger partial charge in [-0.1, -0.05) is 6.07 Å². The highest BCUT2D eigenvalue weighted by atomic mass is 19.4. The maximum absolute atomic E-state index is 11.9. The van der Waals surface area contributed by atoms with Crippen molar-refractivity contribution in [3.8, 4) is 0 Å². The van der Waals surface area contributed by atoms with E-state index in [0.29, 0.717) is 0 Å². The van der Waals surface area contributed by atoms with Crippen LogP contribution < -0.4 is 5.73 Å². The van der Waals surface area contributed by atoms with Gasteiger partial charge in [0.1, 0.15) is 0 Å². The monoisotopic (exact) mass is 160 g/mol. The van der Waals surface area contributed by atoms with Crippen LogP contribution in [-0.2, 0) is 6.18 Å². The molecule has 0 saturated heterocycles. The van der Waals surface area contributed by atoms with Crippen molar-refractivity contribution in [2.75, 3.05) is 5.73 Å². The summed E-state index contributed by atoms with van der Waals surface area (Å²) < 4.78 is 35.6. The van der Waals surface area contributed by atoms with Crippen molar-refractivity contribution < 1.29 is 13.2 Å². The van der Waals surface area contributed by atoms with E-state index in [-0.39, 0.29) is 5.69 Å². The van der Waals surface area contributed by atoms with E-state index in [1.807, 2.05) is 6.07 Å². The highest BCUT2D eigenvalue weighted by Gasteiger charge is 2.30. The Kier molecular flexibility index (Phi) is 1.76. The average molecular weight is 160 g/mol. The van der Waals surface area contributed by atoms with E-state index < -0.39 is 11.7 Å². The van der Waals surface area contributed by atoms with Gasteiger partial charge in [0.25, 0.3) is 0 Å². The molecule has 2 N–H and O–H groups in total. The van der Waals surface area contributed by atoms with Crippen molar-refractivity contribution in [1.82, 2.24) is 0 Å². The van der Waals surface area contributed by atoms with Crippen LogP contribution in [-0.4, -0.2) is 0 Å². The van der Waals surface area contributed by atoms with Crippen LogP contribution in [0.25, 0.3) is 0 Å². The van der Waals surface area contributed by atoms with Gasteiger partial charge in [0, 0.05) is 11.8 Å². The van der Waals surface area contributed by atoms with E-state index in [1.54, 1.807) is 0 Å². The number of nitrogens with two attached hydrogens (primary N) is 1. The summed E-state index contributed by atoms with van der Waals surface area (Å²) in [5, 5.41) is 0. The minimum Gasteiger partial charge on any atom is -0.398 e. The molecule has 0 aliphatic carbocycles. The standard InChI is InChI=1S/C7H5F3N/c8-7(9,10)5-2-1-3-6(11)4-5/h1-3H,11H2. The zero-order valence-corrected chi connectivity index (χ0v) is 5.44. The highest BCUT2D eigenvalue weighted by molar-refractivity contribution is 5.39. The van der Waals surface area contributed by atoms with Crippen LogP contribution in [0.5, 0.6) is 0 Å². The van der Waals surface area contributed by atoms with Crippen molar-refractivity contribution in [2.45, 2.75) is 6.18 Å². The zero-order valence-electron chi connectivity index (χ0n) is 5.44. The summed E-state index contributed by atoms with van der Waals surface area (Å²) >= 11 is 0. The predicted octanol–water partition coefficient (Wildman–Crippen LogP) is 2.09. The first-order valence-electron chi connectivity index (χ1n) is 2.85. The molecule has 4 heteroatoms. The SMILES string of the molecule is Nc1[c]c(C(F)(F)F)ccc1. The second-order valence-corrected chi connectivity index (χ2v) is 2.02. The third-order valence-electron chi connectivity index (χ3n) is 1.12. The molecule has 0 heterocycles. The normalized spacial score (nSPS) is 11.5. The molecular weight excluding hydrogens is 155 g/mol. The van der Waals surface area contributed by atoms with Gasteiger partial charge in [-0.05, 0) is 12.1 Å². The molecule has 1 radical (unpaired) electrons. The van der Waals surface area contributed by atoms with E-state index in [2.05, 4.69) is 0 Å². The minimum absolute atomic E-state index is 0.000162. The first kappa shape index (κ1) is 7.91. The van der Waals surface area contributed by atoms with E-state index in [9.17, 15) is 13.2 Å². The Morgan fingerprint density at radius 2 is 1.91 bits per heavy atom. The Balaban J connectivity index is 3.06. The fraction of sp³-hybridized carbons (Fsp3) is 0.143. The first-order chi connectivity index (χ1) is 5.00. The molecule has 0 saturated carbocycles. The van der Waals surface area contributed by atoms with Crippen LogP contribution in [0, 0.1) is 6.07 Å². The molecule has 0 aliphatic rings. The Hall–Kier alpha value is -1.19. The highest BCUT2D eigenvalue weighted by Crippen LogP contribution is 2.29. The van der Waals surface area contributed by atoms with Gasteiger partial charge in [-0.15, -0.1) is 0 Å². The molecule has 59 valence electrons. The summed E-state index contributed by atoms with van der Waals surface area (Å²) in [4.78, 5) is 0. The van der Waals surface area contributed by atoms with Gasteiger partial charge < -0.3 is 5.73 Å². The molecule has 1 rings (SSSR count). The summed E-state index contributed by atoms with van der Waals surface area (Å²) in [5.41, 5.74) is 4.26. The first-order valence-corrected chi connectivity index (χ1v) is 2.85. The third kappa shape index (κ3) is 1.86. The molecule has 1 aromatic carbocycles. The second-order valence-electron chi connectivity index (χ2n) is 2.02. The number of hydrogen-bond donors (Lipinski definition) is 1. The lowest BCUT2D eigenvalue weighted by atomic mass is 10.2. The molecule has 1 aromatic rings. The van der Waals surface area contributed by atoms with Crippen molar-refractivity contribution >= 4 is 5.69 Å². The van der Waals surface area contributed by atoms with Crippen LogP contribution in [0.3, 0.4) is 0 Å². The lowest BCUT2D eigenvalue weighted by Gasteiger charge is -2.05. The molecular formula is C7H5F3N. The van der Waals surface area contributed by atoms with Crippen molar-refractivity contribution in [3.05, 3.63) is 29.8 Å². The van der Waals surface area contributed by atoms with Crippen LogP contribution in [0.2, 0.25) is 0 Å². The van der Waals surface area contributed by atoms with Gasteiger partial charge >= 0.3 is 6.18 Å². The van der Waals surface area contributed by atoms with E-state index in [0.717, 1.165) is 6.07 Å². The maximum Gasteiger partial charge on any atom is 0.417 e. The van der Waals surface area contributed by atoms with Gasteiger partial charge in [-0.3, -0.25) is 0 Å². The summed E-state index contributed by atoms with van der Waals surface area (Å²) in [6, 6.07) is 5.53. The molecule has 0 atom stereocenters. The molecule has 1 nitrogen and oxygen atoms in total. The van der Waals surface area contributed by atoms with Crippen LogP contribution in [0.1, 0.15) is 5.56 Å². The Morgan fingerprint density at radius 1 is 1.27 bits per heavy atom. The molecule has 0 fully saturated rings. The van der Waals surface area contributed by atoms with E-state index in [4.69, 9.17) is 5.73 Å². The molecule has 0 spiro atoms. The molecule has 0 aliphatic heterocycles. The average Bonchev–Trinajstić information content (AvgIpc) is 1.86. The topological polar surface area (TPSA) is 26.0 Å². The molecule has 0 aromatic heterocycles. The third-order valence-corrected chi connectivity index (χ3v) is 1.12. The zero-order chi connectivity index (χ0) is 8.48. The fourth-order valence-electron chi connectivity index (χ4n) is 0.652. The Bertz CT molecular complexity index is 254. The van der Waals surface area contributed by atoms with E-state index in [1.165, 1.54) is 12.1 Å². The van der Waals surface area contributed by atoms with Crippen LogP contribution in [0.15, 0.2) is 18.2 Å². The maximum atomic E-state index is 11.9. The lowest BCUT2D eigenvalue weighted by Crippen LogP contribution is -2.05. The van der Waals surface area contributed by atoms with Gasteiger partial charge in [-0.25, -0.2) is 0 Å². The van der Waals surface area contributed by atoms with Gasteiger partial charge in [0.15, 0.2) is 0 Å². The number of rotatable bonds is 0. The van der Waals surface area contributed by atoms with Crippen LogP contribution >= 0.6 is 0 Å². The van der Waals surface area contributed by atoms with Crippen molar-refractivity contribution in [3.63, 3.8) is 0 Å². The summed E-state index contributed by atoms with van der Waals surface area (Å²) in [7, 11) is 0. The second kappa shape index (κ2) is 2.45. The van der Waals surface area contributed by atoms with Gasteiger partial charge in [0.2, 0.25) is 0 Å². The molecule has 0 amide bonds. The molecule has 0 bridgehead atoms. The largest absolute Gasteiger partial charge is 0.417 e. The number of halogens is 3. The Morgan fingerprint density at radius 3 is 2.27 bits per heavy atom. The predicted molar refractivity (Wildman–Crippen MR) is 34.7 cm³/mol. The molecule has 0 unspecified atom stereocenters. The number of anilines is 1. The number of benzene rings is 1. The Labute approximate surface area is 61.6 Å². The lowest BCUT2D eigenvalue weighted by molar-refractivity contribution is -0.137. The van der Waals surface area contributed by atoms with Gasteiger partial charge in [-0.2, -0.15) is 13.2 Å². The van der Waals surface area contributed by atoms with Crippen LogP contribution in [0.4, 0.5) is 18.9 Å². The number of nitrogen functional groups attached to an aromatic ring is 1. The summed E-state index contributed by atoms with van der Waals surface area (Å²) in [6.07, 6.45) is -4.35. The summed E-state index contributed by atoms with van der Waals surface area (Å²) in [6.45, 7) is 0. The van der Waals surface area contributed by atoms with Crippen molar-refractivity contribution in [2.24, 2.45) is 0 Å².